The number of rotatable bonds is 17. The lowest BCUT2D eigenvalue weighted by Gasteiger charge is -2.23. The van der Waals surface area contributed by atoms with Gasteiger partial charge in [-0.15, -0.1) is 0 Å². The van der Waals surface area contributed by atoms with E-state index in [2.05, 4.69) is 16.0 Å². The van der Waals surface area contributed by atoms with Crippen molar-refractivity contribution >= 4 is 35.6 Å². The third kappa shape index (κ3) is 13.0. The molecule has 0 heterocycles. The molecular weight excluding hydrogens is 440 g/mol. The molecule has 0 aromatic rings. The molecule has 11 N–H and O–H groups in total. The van der Waals surface area contributed by atoms with Gasteiger partial charge in [-0.2, -0.15) is 0 Å². The maximum absolute atomic E-state index is 12.6. The van der Waals surface area contributed by atoms with Gasteiger partial charge in [0.2, 0.25) is 23.6 Å². The summed E-state index contributed by atoms with van der Waals surface area (Å²) in [5.74, 6) is -5.52. The summed E-state index contributed by atoms with van der Waals surface area (Å²) in [5, 5.41) is 24.9. The Kier molecular flexibility index (Phi) is 14.0. The molecule has 0 saturated carbocycles. The van der Waals surface area contributed by atoms with Gasteiger partial charge in [-0.25, -0.2) is 4.79 Å². The number of nitrogens with two attached hydrogens (primary N) is 3. The molecule has 14 nitrogen and oxygen atoms in total. The Labute approximate surface area is 191 Å². The van der Waals surface area contributed by atoms with Crippen LogP contribution < -0.4 is 33.2 Å². The van der Waals surface area contributed by atoms with Crippen LogP contribution in [0.25, 0.3) is 0 Å². The average molecular weight is 475 g/mol. The van der Waals surface area contributed by atoms with Crippen molar-refractivity contribution in [1.82, 2.24) is 16.0 Å². The SMILES string of the molecule is CC(NC(=O)C(CCC(N)=O)NC(=O)C(N)CCC(=O)O)C(=O)NC(CCCCN)C(=O)O. The van der Waals surface area contributed by atoms with Crippen molar-refractivity contribution in [3.63, 3.8) is 0 Å². The zero-order valence-corrected chi connectivity index (χ0v) is 18.5. The minimum Gasteiger partial charge on any atom is -0.481 e. The fourth-order valence-corrected chi connectivity index (χ4v) is 2.67. The predicted molar refractivity (Wildman–Crippen MR) is 115 cm³/mol. The summed E-state index contributed by atoms with van der Waals surface area (Å²) in [6.07, 6.45) is 0.240. The third-order valence-corrected chi connectivity index (χ3v) is 4.63. The number of hydrogen-bond donors (Lipinski definition) is 8. The van der Waals surface area contributed by atoms with Gasteiger partial charge in [0, 0.05) is 12.8 Å². The normalized spacial score (nSPS) is 14.3. The molecule has 4 amide bonds. The van der Waals surface area contributed by atoms with Crippen LogP contribution in [0.4, 0.5) is 0 Å². The van der Waals surface area contributed by atoms with E-state index in [1.165, 1.54) is 6.92 Å². The van der Waals surface area contributed by atoms with Crippen molar-refractivity contribution in [2.24, 2.45) is 17.2 Å². The summed E-state index contributed by atoms with van der Waals surface area (Å²) in [6, 6.07) is -4.82. The lowest BCUT2D eigenvalue weighted by atomic mass is 10.1. The number of carboxylic acids is 2. The van der Waals surface area contributed by atoms with Crippen molar-refractivity contribution in [2.45, 2.75) is 76.0 Å². The highest BCUT2D eigenvalue weighted by Gasteiger charge is 2.28. The highest BCUT2D eigenvalue weighted by Crippen LogP contribution is 2.04. The minimum absolute atomic E-state index is 0.157. The van der Waals surface area contributed by atoms with E-state index in [1.807, 2.05) is 0 Å². The van der Waals surface area contributed by atoms with Crippen molar-refractivity contribution in [1.29, 1.82) is 0 Å². The molecule has 33 heavy (non-hydrogen) atoms. The van der Waals surface area contributed by atoms with Crippen molar-refractivity contribution in [2.75, 3.05) is 6.54 Å². The van der Waals surface area contributed by atoms with Crippen LogP contribution in [0.5, 0.6) is 0 Å². The Morgan fingerprint density at radius 1 is 0.788 bits per heavy atom. The summed E-state index contributed by atoms with van der Waals surface area (Å²) >= 11 is 0. The Hall–Kier alpha value is -3.26. The number of nitrogens with one attached hydrogen (secondary N) is 3. The number of carboxylic acid groups (broad SMARTS) is 2. The van der Waals surface area contributed by atoms with E-state index >= 15 is 0 Å². The Balaban J connectivity index is 5.07. The lowest BCUT2D eigenvalue weighted by Crippen LogP contribution is -2.56. The molecule has 0 radical (unpaired) electrons. The quantitative estimate of drug-likeness (QED) is 0.0999. The molecule has 0 bridgehead atoms. The Morgan fingerprint density at radius 2 is 1.39 bits per heavy atom. The fourth-order valence-electron chi connectivity index (χ4n) is 2.67. The first-order valence-corrected chi connectivity index (χ1v) is 10.5. The summed E-state index contributed by atoms with van der Waals surface area (Å²) in [5.41, 5.74) is 16.1. The molecule has 4 atom stereocenters. The summed E-state index contributed by atoms with van der Waals surface area (Å²) < 4.78 is 0. The van der Waals surface area contributed by atoms with Crippen LogP contribution in [0.3, 0.4) is 0 Å². The number of primary amides is 1. The van der Waals surface area contributed by atoms with E-state index < -0.39 is 59.7 Å². The van der Waals surface area contributed by atoms with E-state index in [9.17, 15) is 33.9 Å². The number of carbonyl (C=O) groups excluding carboxylic acids is 4. The second kappa shape index (κ2) is 15.5. The van der Waals surface area contributed by atoms with Gasteiger partial charge in [0.15, 0.2) is 0 Å². The first-order chi connectivity index (χ1) is 15.4. The molecule has 4 unspecified atom stereocenters. The van der Waals surface area contributed by atoms with Gasteiger partial charge in [-0.1, -0.05) is 0 Å². The van der Waals surface area contributed by atoms with Crippen LogP contribution in [0.1, 0.15) is 51.9 Å². The first kappa shape index (κ1) is 29.7. The van der Waals surface area contributed by atoms with Gasteiger partial charge in [0.1, 0.15) is 18.1 Å². The van der Waals surface area contributed by atoms with Gasteiger partial charge < -0.3 is 43.4 Å². The summed E-state index contributed by atoms with van der Waals surface area (Å²) in [4.78, 5) is 70.2. The van der Waals surface area contributed by atoms with E-state index in [0.29, 0.717) is 19.4 Å². The molecule has 0 spiro atoms. The number of hydrogen-bond acceptors (Lipinski definition) is 8. The number of amides is 4. The van der Waals surface area contributed by atoms with Crippen molar-refractivity contribution in [3.05, 3.63) is 0 Å². The second-order valence-corrected chi connectivity index (χ2v) is 7.52. The first-order valence-electron chi connectivity index (χ1n) is 10.5. The maximum atomic E-state index is 12.6. The van der Waals surface area contributed by atoms with Gasteiger partial charge in [-0.3, -0.25) is 24.0 Å². The molecule has 0 aromatic heterocycles. The van der Waals surface area contributed by atoms with E-state index in [4.69, 9.17) is 22.3 Å². The standard InChI is InChI=1S/C19H34N6O8/c1-10(16(29)25-13(19(32)33)4-2-3-9-20)23-18(31)12(6-7-14(22)26)24-17(30)11(21)5-8-15(27)28/h10-13H,2-9,20-21H2,1H3,(H2,22,26)(H,23,31)(H,24,30)(H,25,29)(H,27,28)(H,32,33). The van der Waals surface area contributed by atoms with Crippen LogP contribution in [-0.4, -0.2) is 76.5 Å². The Morgan fingerprint density at radius 3 is 1.91 bits per heavy atom. The zero-order chi connectivity index (χ0) is 25.6. The van der Waals surface area contributed by atoms with Crippen molar-refractivity contribution in [3.8, 4) is 0 Å². The van der Waals surface area contributed by atoms with Gasteiger partial charge in [-0.05, 0) is 45.6 Å². The van der Waals surface area contributed by atoms with Crippen LogP contribution in [0, 0.1) is 0 Å². The summed E-state index contributed by atoms with van der Waals surface area (Å²) in [7, 11) is 0. The largest absolute Gasteiger partial charge is 0.481 e. The molecule has 0 aromatic carbocycles. The Bertz CT molecular complexity index is 716. The van der Waals surface area contributed by atoms with Crippen LogP contribution in [0.15, 0.2) is 0 Å². The molecule has 14 heteroatoms. The molecule has 0 aliphatic carbocycles. The van der Waals surface area contributed by atoms with Gasteiger partial charge >= 0.3 is 11.9 Å². The number of aliphatic carboxylic acids is 2. The molecule has 0 fully saturated rings. The lowest BCUT2D eigenvalue weighted by molar-refractivity contribution is -0.142. The molecule has 188 valence electrons. The zero-order valence-electron chi connectivity index (χ0n) is 18.5. The molecule has 0 saturated heterocycles. The van der Waals surface area contributed by atoms with Crippen LogP contribution >= 0.6 is 0 Å². The van der Waals surface area contributed by atoms with E-state index in [-0.39, 0.29) is 32.1 Å². The average Bonchev–Trinajstić information content (AvgIpc) is 2.73. The van der Waals surface area contributed by atoms with Crippen molar-refractivity contribution < 1.29 is 39.0 Å². The van der Waals surface area contributed by atoms with Gasteiger partial charge in [0.25, 0.3) is 0 Å². The minimum atomic E-state index is -1.28. The second-order valence-electron chi connectivity index (χ2n) is 7.52. The van der Waals surface area contributed by atoms with E-state index in [0.717, 1.165) is 0 Å². The maximum Gasteiger partial charge on any atom is 0.326 e. The number of carbonyl (C=O) groups is 6. The molecule has 0 aliphatic rings. The number of unbranched alkanes of at least 4 members (excludes halogenated alkanes) is 1. The molecule has 0 rings (SSSR count). The fraction of sp³-hybridized carbons (Fsp3) is 0.684. The highest BCUT2D eigenvalue weighted by molar-refractivity contribution is 5.94. The van der Waals surface area contributed by atoms with Crippen LogP contribution in [0.2, 0.25) is 0 Å². The predicted octanol–water partition coefficient (Wildman–Crippen LogP) is -2.87. The smallest absolute Gasteiger partial charge is 0.326 e. The monoisotopic (exact) mass is 474 g/mol. The summed E-state index contributed by atoms with van der Waals surface area (Å²) in [6.45, 7) is 1.70. The van der Waals surface area contributed by atoms with Gasteiger partial charge in [0.05, 0.1) is 6.04 Å². The van der Waals surface area contributed by atoms with Crippen LogP contribution in [-0.2, 0) is 28.8 Å². The van der Waals surface area contributed by atoms with E-state index in [1.54, 1.807) is 0 Å². The molecule has 0 aliphatic heterocycles. The molecular formula is C19H34N6O8. The third-order valence-electron chi connectivity index (χ3n) is 4.63. The highest BCUT2D eigenvalue weighted by atomic mass is 16.4. The topological polar surface area (TPSA) is 257 Å².